The summed E-state index contributed by atoms with van der Waals surface area (Å²) in [6.07, 6.45) is 5.71. The van der Waals surface area contributed by atoms with E-state index in [1.165, 1.54) is 30.9 Å². The number of ether oxygens (including phenoxy) is 1. The molecule has 204 valence electrons. The van der Waals surface area contributed by atoms with E-state index < -0.39 is 0 Å². The molecule has 9 nitrogen and oxygen atoms in total. The number of para-hydroxylation sites is 1. The van der Waals surface area contributed by atoms with Crippen LogP contribution in [-0.2, 0) is 0 Å². The van der Waals surface area contributed by atoms with Crippen molar-refractivity contribution < 1.29 is 13.9 Å². The van der Waals surface area contributed by atoms with Crippen LogP contribution in [0.15, 0.2) is 88.1 Å². The molecule has 3 aromatic carbocycles. The number of nitrogens with one attached hydrogen (secondary N) is 2. The molecule has 0 saturated carbocycles. The van der Waals surface area contributed by atoms with Crippen molar-refractivity contribution in [1.82, 2.24) is 20.6 Å². The number of carbonyl (C=O) groups is 1. The molecular formula is C31H31N5O4. The van der Waals surface area contributed by atoms with Crippen LogP contribution < -0.4 is 15.5 Å². The lowest BCUT2D eigenvalue weighted by molar-refractivity contribution is 0.102. The molecule has 0 radical (unpaired) electrons. The number of hydrogen-bond donors (Lipinski definition) is 2. The number of carbonyl (C=O) groups excluding carboxylic acids is 1. The van der Waals surface area contributed by atoms with Crippen molar-refractivity contribution in [3.8, 4) is 17.3 Å². The van der Waals surface area contributed by atoms with E-state index in [0.29, 0.717) is 34.9 Å². The highest BCUT2D eigenvalue weighted by molar-refractivity contribution is 6.08. The van der Waals surface area contributed by atoms with E-state index in [-0.39, 0.29) is 28.5 Å². The zero-order valence-electron chi connectivity index (χ0n) is 22.3. The van der Waals surface area contributed by atoms with Crippen molar-refractivity contribution in [1.29, 1.82) is 0 Å². The van der Waals surface area contributed by atoms with Crippen molar-refractivity contribution in [2.45, 2.75) is 44.9 Å². The second kappa shape index (κ2) is 12.8. The van der Waals surface area contributed by atoms with E-state index in [0.717, 1.165) is 12.8 Å². The maximum Gasteiger partial charge on any atom is 0.255 e. The minimum absolute atomic E-state index is 0.145. The molecule has 0 aliphatic rings. The standard InChI is InChI=1S/C31H31N5O4/c1-2-3-5-9-22(21-10-6-4-7-11-21)18-19-39-24-16-14-23(15-17-24)31(38)32-26-13-8-12-25-27(37)20-28(40-29(25)26)30-33-35-36-34-30/h4,6-8,10-17,20,22H,2-3,5,9,18-19H2,1H3,(H,32,38)(H,33,34,35,36). The molecule has 2 N–H and O–H groups in total. The Bertz CT molecular complexity index is 1600. The van der Waals surface area contributed by atoms with Gasteiger partial charge in [0.1, 0.15) is 5.75 Å². The number of aromatic amines is 1. The van der Waals surface area contributed by atoms with Crippen LogP contribution in [0.5, 0.6) is 5.75 Å². The molecule has 0 spiro atoms. The highest BCUT2D eigenvalue weighted by atomic mass is 16.5. The molecule has 2 heterocycles. The monoisotopic (exact) mass is 537 g/mol. The first kappa shape index (κ1) is 26.8. The lowest BCUT2D eigenvalue weighted by atomic mass is 9.91. The molecule has 5 rings (SSSR count). The highest BCUT2D eigenvalue weighted by Gasteiger charge is 2.16. The zero-order valence-corrected chi connectivity index (χ0v) is 22.3. The summed E-state index contributed by atoms with van der Waals surface area (Å²) in [5.41, 5.74) is 2.11. The topological polar surface area (TPSA) is 123 Å². The Morgan fingerprint density at radius 2 is 1.82 bits per heavy atom. The van der Waals surface area contributed by atoms with Gasteiger partial charge in [-0.2, -0.15) is 5.21 Å². The minimum Gasteiger partial charge on any atom is -0.494 e. The number of rotatable bonds is 12. The fraction of sp³-hybridized carbons (Fsp3) is 0.258. The smallest absolute Gasteiger partial charge is 0.255 e. The Kier molecular flexibility index (Phi) is 8.60. The summed E-state index contributed by atoms with van der Waals surface area (Å²) in [6, 6.07) is 23.9. The van der Waals surface area contributed by atoms with Crippen molar-refractivity contribution in [2.24, 2.45) is 0 Å². The van der Waals surface area contributed by atoms with Gasteiger partial charge in [-0.1, -0.05) is 62.6 Å². The van der Waals surface area contributed by atoms with Crippen LogP contribution in [0.25, 0.3) is 22.6 Å². The second-order valence-electron chi connectivity index (χ2n) is 9.61. The summed E-state index contributed by atoms with van der Waals surface area (Å²) in [5, 5.41) is 16.7. The molecule has 0 saturated heterocycles. The number of anilines is 1. The van der Waals surface area contributed by atoms with Gasteiger partial charge in [0.25, 0.3) is 5.91 Å². The van der Waals surface area contributed by atoms with Gasteiger partial charge < -0.3 is 14.5 Å². The largest absolute Gasteiger partial charge is 0.494 e. The van der Waals surface area contributed by atoms with Gasteiger partial charge in [-0.25, -0.2) is 0 Å². The summed E-state index contributed by atoms with van der Waals surface area (Å²) in [6.45, 7) is 2.81. The molecule has 2 aromatic heterocycles. The van der Waals surface area contributed by atoms with Gasteiger partial charge in [-0.05, 0) is 65.9 Å². The number of hydrogen-bond acceptors (Lipinski definition) is 7. The average molecular weight is 538 g/mol. The average Bonchev–Trinajstić information content (AvgIpc) is 3.53. The Morgan fingerprint density at radius 3 is 2.58 bits per heavy atom. The number of tetrazole rings is 1. The molecule has 1 atom stereocenters. The Morgan fingerprint density at radius 1 is 1.00 bits per heavy atom. The molecule has 0 aliphatic heterocycles. The van der Waals surface area contributed by atoms with Crippen LogP contribution in [-0.4, -0.2) is 33.1 Å². The van der Waals surface area contributed by atoms with Crippen LogP contribution >= 0.6 is 0 Å². The SMILES string of the molecule is CCCCCC(CCOc1ccc(C(=O)Nc2cccc3c(=O)cc(-c4nn[nH]n4)oc23)cc1)c1ccccc1. The molecule has 0 bridgehead atoms. The maximum atomic E-state index is 13.0. The van der Waals surface area contributed by atoms with Gasteiger partial charge in [0.2, 0.25) is 5.82 Å². The van der Waals surface area contributed by atoms with Crippen molar-refractivity contribution in [3.63, 3.8) is 0 Å². The van der Waals surface area contributed by atoms with Gasteiger partial charge in [0.05, 0.1) is 17.7 Å². The van der Waals surface area contributed by atoms with E-state index in [4.69, 9.17) is 9.15 Å². The first-order valence-corrected chi connectivity index (χ1v) is 13.5. The number of H-pyrrole nitrogens is 1. The first-order chi connectivity index (χ1) is 19.6. The van der Waals surface area contributed by atoms with Crippen molar-refractivity contribution >= 4 is 22.6 Å². The number of benzene rings is 3. The van der Waals surface area contributed by atoms with Crippen LogP contribution in [0.3, 0.4) is 0 Å². The Hall–Kier alpha value is -4.79. The Labute approximate surface area is 231 Å². The molecule has 0 aliphatic carbocycles. The van der Waals surface area contributed by atoms with Crippen LogP contribution in [0.4, 0.5) is 5.69 Å². The van der Waals surface area contributed by atoms with E-state index in [9.17, 15) is 9.59 Å². The van der Waals surface area contributed by atoms with Gasteiger partial charge in [0.15, 0.2) is 16.8 Å². The predicted octanol–water partition coefficient (Wildman–Crippen LogP) is 6.36. The lowest BCUT2D eigenvalue weighted by Crippen LogP contribution is -2.13. The van der Waals surface area contributed by atoms with Gasteiger partial charge >= 0.3 is 0 Å². The fourth-order valence-electron chi connectivity index (χ4n) is 4.71. The summed E-state index contributed by atoms with van der Waals surface area (Å²) in [7, 11) is 0. The van der Waals surface area contributed by atoms with Crippen LogP contribution in [0.1, 0.15) is 60.9 Å². The summed E-state index contributed by atoms with van der Waals surface area (Å²) in [4.78, 5) is 25.7. The minimum atomic E-state index is -0.341. The molecule has 0 fully saturated rings. The van der Waals surface area contributed by atoms with E-state index >= 15 is 0 Å². The zero-order chi connectivity index (χ0) is 27.7. The van der Waals surface area contributed by atoms with Gasteiger partial charge in [-0.3, -0.25) is 9.59 Å². The summed E-state index contributed by atoms with van der Waals surface area (Å²) >= 11 is 0. The third kappa shape index (κ3) is 6.43. The highest BCUT2D eigenvalue weighted by Crippen LogP contribution is 2.28. The fourth-order valence-corrected chi connectivity index (χ4v) is 4.71. The van der Waals surface area contributed by atoms with Crippen molar-refractivity contribution in [2.75, 3.05) is 11.9 Å². The molecule has 40 heavy (non-hydrogen) atoms. The third-order valence-electron chi connectivity index (χ3n) is 6.85. The normalized spacial score (nSPS) is 11.8. The molecule has 5 aromatic rings. The number of unbranched alkanes of at least 4 members (excludes halogenated alkanes) is 2. The first-order valence-electron chi connectivity index (χ1n) is 13.5. The molecule has 1 amide bonds. The maximum absolute atomic E-state index is 13.0. The number of aromatic nitrogens is 4. The molecular weight excluding hydrogens is 506 g/mol. The van der Waals surface area contributed by atoms with Crippen LogP contribution in [0, 0.1) is 0 Å². The quantitative estimate of drug-likeness (QED) is 0.178. The van der Waals surface area contributed by atoms with E-state index in [1.54, 1.807) is 42.5 Å². The predicted molar refractivity (Wildman–Crippen MR) is 153 cm³/mol. The molecule has 9 heteroatoms. The number of nitrogens with zero attached hydrogens (tertiary/aromatic N) is 3. The van der Waals surface area contributed by atoms with E-state index in [2.05, 4.69) is 57.1 Å². The number of fused-ring (bicyclic) bond motifs is 1. The van der Waals surface area contributed by atoms with E-state index in [1.807, 2.05) is 6.07 Å². The lowest BCUT2D eigenvalue weighted by Gasteiger charge is -2.18. The summed E-state index contributed by atoms with van der Waals surface area (Å²) < 4.78 is 11.9. The van der Waals surface area contributed by atoms with Crippen molar-refractivity contribution in [3.05, 3.63) is 100 Å². The third-order valence-corrected chi connectivity index (χ3v) is 6.85. The molecule has 1 unspecified atom stereocenters. The summed E-state index contributed by atoms with van der Waals surface area (Å²) in [5.74, 6) is 1.12. The van der Waals surface area contributed by atoms with Gasteiger partial charge in [0, 0.05) is 11.6 Å². The van der Waals surface area contributed by atoms with Gasteiger partial charge in [-0.15, -0.1) is 10.2 Å². The van der Waals surface area contributed by atoms with Crippen LogP contribution in [0.2, 0.25) is 0 Å². The second-order valence-corrected chi connectivity index (χ2v) is 9.61. The number of amides is 1. The Balaban J connectivity index is 1.23.